The number of nitrogens with zero attached hydrogens (tertiary/aromatic N) is 3. The summed E-state index contributed by atoms with van der Waals surface area (Å²) in [6.07, 6.45) is -2.67. The molecule has 0 saturated carbocycles. The Hall–Kier alpha value is -4.39. The molecular formula is C34H36F3N5O. The molecule has 3 aromatic carbocycles. The number of aryl methyl sites for hydroxylation is 1. The highest BCUT2D eigenvalue weighted by Crippen LogP contribution is 2.34. The van der Waals surface area contributed by atoms with Crippen molar-refractivity contribution in [2.75, 3.05) is 50.9 Å². The Kier molecular flexibility index (Phi) is 10.4. The number of halogens is 3. The molecular weight excluding hydrogens is 551 g/mol. The summed E-state index contributed by atoms with van der Waals surface area (Å²) in [7, 11) is 3.88. The van der Waals surface area contributed by atoms with Crippen LogP contribution in [0.15, 0.2) is 72.9 Å². The molecule has 1 fully saturated rings. The molecule has 1 aliphatic heterocycles. The van der Waals surface area contributed by atoms with Crippen molar-refractivity contribution in [3.63, 3.8) is 0 Å². The van der Waals surface area contributed by atoms with Crippen LogP contribution in [0.25, 0.3) is 10.8 Å². The first-order chi connectivity index (χ1) is 20.6. The number of fused-ring (bicyclic) bond motifs is 1. The zero-order valence-electron chi connectivity index (χ0n) is 24.8. The Bertz CT molecular complexity index is 1620. The second-order valence-electron chi connectivity index (χ2n) is 10.5. The summed E-state index contributed by atoms with van der Waals surface area (Å²) in [5.41, 5.74) is 2.05. The first kappa shape index (κ1) is 31.5. The molecule has 2 N–H and O–H groups in total. The number of piperazine rings is 1. The fourth-order valence-electron chi connectivity index (χ4n) is 4.84. The van der Waals surface area contributed by atoms with Gasteiger partial charge in [0, 0.05) is 68.0 Å². The van der Waals surface area contributed by atoms with Gasteiger partial charge in [-0.15, -0.1) is 5.92 Å². The fraction of sp³-hybridized carbons (Fsp3) is 0.294. The number of rotatable bonds is 5. The van der Waals surface area contributed by atoms with Crippen LogP contribution in [0.4, 0.5) is 24.7 Å². The molecule has 1 aliphatic rings. The smallest absolute Gasteiger partial charge is 0.373 e. The number of nitrogens with one attached hydrogen (secondary N) is 2. The standard InChI is InChI=1S/C21H24F3N3O.C13H12N2/c1-15-3-5-16(6-4-15)20(28)25-18-8-7-17(19(13-18)21(22,23)24)14-27-11-9-26(2)10-12-27;1-3-6-10-9-15-13(14-2)12-8-5-4-7-11(10)12/h3-8,13H,9-12,14H2,1-2H3,(H,25,28);4-5,7-9H,1-2H3,(H,14,15). The number of alkyl halides is 3. The number of hydrogen-bond donors (Lipinski definition) is 2. The third-order valence-corrected chi connectivity index (χ3v) is 7.27. The molecule has 0 atom stereocenters. The van der Waals surface area contributed by atoms with Gasteiger partial charge in [0.05, 0.1) is 11.1 Å². The van der Waals surface area contributed by atoms with Gasteiger partial charge in [0.2, 0.25) is 0 Å². The maximum Gasteiger partial charge on any atom is 0.416 e. The summed E-state index contributed by atoms with van der Waals surface area (Å²) in [6.45, 7) is 7.13. The molecule has 1 saturated heterocycles. The molecule has 0 bridgehead atoms. The van der Waals surface area contributed by atoms with E-state index in [1.165, 1.54) is 12.1 Å². The van der Waals surface area contributed by atoms with E-state index in [9.17, 15) is 18.0 Å². The van der Waals surface area contributed by atoms with Gasteiger partial charge in [-0.05, 0) is 50.7 Å². The number of pyridine rings is 1. The SMILES string of the molecule is CC#Cc1cnc(NC)c2ccccc12.Cc1ccc(C(=O)Nc2ccc(CN3CCN(C)CC3)c(C(F)(F)F)c2)cc1. The lowest BCUT2D eigenvalue weighted by atomic mass is 10.0. The first-order valence-corrected chi connectivity index (χ1v) is 14.1. The number of likely N-dealkylation sites (N-methyl/N-ethyl adjacent to an activating group) is 1. The summed E-state index contributed by atoms with van der Waals surface area (Å²) in [5, 5.41) is 7.90. The lowest BCUT2D eigenvalue weighted by Gasteiger charge is -2.33. The van der Waals surface area contributed by atoms with Gasteiger partial charge < -0.3 is 15.5 Å². The van der Waals surface area contributed by atoms with Crippen molar-refractivity contribution in [3.05, 3.63) is 101 Å². The molecule has 43 heavy (non-hydrogen) atoms. The van der Waals surface area contributed by atoms with Crippen LogP contribution in [0.2, 0.25) is 0 Å². The van der Waals surface area contributed by atoms with E-state index in [0.29, 0.717) is 5.56 Å². The first-order valence-electron chi connectivity index (χ1n) is 14.1. The van der Waals surface area contributed by atoms with Crippen LogP contribution in [-0.2, 0) is 12.7 Å². The minimum absolute atomic E-state index is 0.139. The minimum atomic E-state index is -4.48. The molecule has 224 valence electrons. The van der Waals surface area contributed by atoms with Gasteiger partial charge >= 0.3 is 6.18 Å². The number of carbonyl (C=O) groups is 1. The van der Waals surface area contributed by atoms with Crippen LogP contribution in [0, 0.1) is 18.8 Å². The van der Waals surface area contributed by atoms with Crippen LogP contribution in [0.1, 0.15) is 39.5 Å². The van der Waals surface area contributed by atoms with Crippen molar-refractivity contribution in [2.24, 2.45) is 0 Å². The second kappa shape index (κ2) is 14.2. The molecule has 0 spiro atoms. The van der Waals surface area contributed by atoms with Crippen molar-refractivity contribution < 1.29 is 18.0 Å². The van der Waals surface area contributed by atoms with E-state index in [1.54, 1.807) is 24.3 Å². The molecule has 0 radical (unpaired) electrons. The van der Waals surface area contributed by atoms with E-state index in [-0.39, 0.29) is 17.8 Å². The second-order valence-corrected chi connectivity index (χ2v) is 10.5. The van der Waals surface area contributed by atoms with Gasteiger partial charge in [-0.2, -0.15) is 13.2 Å². The number of anilines is 2. The van der Waals surface area contributed by atoms with Crippen LogP contribution >= 0.6 is 0 Å². The van der Waals surface area contributed by atoms with Crippen molar-refractivity contribution in [1.29, 1.82) is 0 Å². The molecule has 4 aromatic rings. The Labute approximate surface area is 250 Å². The molecule has 0 aliphatic carbocycles. The van der Waals surface area contributed by atoms with Gasteiger partial charge in [-0.3, -0.25) is 9.69 Å². The number of amides is 1. The monoisotopic (exact) mass is 587 g/mol. The van der Waals surface area contributed by atoms with E-state index in [4.69, 9.17) is 0 Å². The molecule has 5 rings (SSSR count). The van der Waals surface area contributed by atoms with Crippen molar-refractivity contribution in [1.82, 2.24) is 14.8 Å². The molecule has 9 heteroatoms. The lowest BCUT2D eigenvalue weighted by Crippen LogP contribution is -2.44. The number of aromatic nitrogens is 1. The van der Waals surface area contributed by atoms with E-state index >= 15 is 0 Å². The summed E-state index contributed by atoms with van der Waals surface area (Å²) in [4.78, 5) is 20.8. The summed E-state index contributed by atoms with van der Waals surface area (Å²) < 4.78 is 40.8. The highest BCUT2D eigenvalue weighted by Gasteiger charge is 2.34. The number of benzene rings is 3. The van der Waals surface area contributed by atoms with Crippen LogP contribution in [-0.4, -0.2) is 61.0 Å². The van der Waals surface area contributed by atoms with E-state index < -0.39 is 17.6 Å². The summed E-state index contributed by atoms with van der Waals surface area (Å²) in [6, 6.07) is 19.0. The zero-order valence-corrected chi connectivity index (χ0v) is 24.8. The lowest BCUT2D eigenvalue weighted by molar-refractivity contribution is -0.138. The molecule has 1 aromatic heterocycles. The largest absolute Gasteiger partial charge is 0.416 e. The maximum atomic E-state index is 13.6. The van der Waals surface area contributed by atoms with Crippen molar-refractivity contribution in [3.8, 4) is 11.8 Å². The third kappa shape index (κ3) is 8.34. The van der Waals surface area contributed by atoms with Gasteiger partial charge in [-0.1, -0.05) is 53.9 Å². The Morgan fingerprint density at radius 3 is 2.28 bits per heavy atom. The van der Waals surface area contributed by atoms with E-state index in [2.05, 4.69) is 44.5 Å². The van der Waals surface area contributed by atoms with Crippen molar-refractivity contribution in [2.45, 2.75) is 26.6 Å². The average molecular weight is 588 g/mol. The Morgan fingerprint density at radius 2 is 1.65 bits per heavy atom. The predicted molar refractivity (Wildman–Crippen MR) is 167 cm³/mol. The van der Waals surface area contributed by atoms with Gasteiger partial charge in [-0.25, -0.2) is 4.98 Å². The fourth-order valence-corrected chi connectivity index (χ4v) is 4.84. The van der Waals surface area contributed by atoms with Crippen LogP contribution in [0.5, 0.6) is 0 Å². The third-order valence-electron chi connectivity index (χ3n) is 7.27. The Morgan fingerprint density at radius 1 is 0.977 bits per heavy atom. The molecule has 0 unspecified atom stereocenters. The average Bonchev–Trinajstić information content (AvgIpc) is 2.99. The van der Waals surface area contributed by atoms with Crippen LogP contribution < -0.4 is 10.6 Å². The molecule has 2 heterocycles. The van der Waals surface area contributed by atoms with Gasteiger partial charge in [0.1, 0.15) is 5.82 Å². The van der Waals surface area contributed by atoms with Crippen LogP contribution in [0.3, 0.4) is 0 Å². The molecule has 1 amide bonds. The minimum Gasteiger partial charge on any atom is -0.373 e. The normalized spacial score (nSPS) is 13.8. The quantitative estimate of drug-likeness (QED) is 0.256. The van der Waals surface area contributed by atoms with E-state index in [1.807, 2.05) is 51.2 Å². The van der Waals surface area contributed by atoms with Crippen molar-refractivity contribution >= 4 is 28.2 Å². The summed E-state index contributed by atoms with van der Waals surface area (Å²) in [5.74, 6) is 6.43. The van der Waals surface area contributed by atoms with E-state index in [0.717, 1.165) is 60.0 Å². The number of carbonyl (C=O) groups excluding carboxylic acids is 1. The summed E-state index contributed by atoms with van der Waals surface area (Å²) >= 11 is 0. The molecule has 6 nitrogen and oxygen atoms in total. The topological polar surface area (TPSA) is 60.5 Å². The Balaban J connectivity index is 0.000000237. The highest BCUT2D eigenvalue weighted by atomic mass is 19.4. The van der Waals surface area contributed by atoms with Gasteiger partial charge in [0.25, 0.3) is 5.91 Å². The number of hydrogen-bond acceptors (Lipinski definition) is 5. The maximum absolute atomic E-state index is 13.6. The van der Waals surface area contributed by atoms with Gasteiger partial charge in [0.15, 0.2) is 0 Å². The predicted octanol–water partition coefficient (Wildman–Crippen LogP) is 6.66. The zero-order chi connectivity index (χ0) is 31.0. The highest BCUT2D eigenvalue weighted by molar-refractivity contribution is 6.04.